The monoisotopic (exact) mass is 407 g/mol. The molecule has 2 aromatic rings. The Morgan fingerprint density at radius 1 is 1.10 bits per heavy atom. The maximum Gasteiger partial charge on any atom is 0.147 e. The molecule has 0 aromatic heterocycles. The number of benzene rings is 2. The number of ether oxygens (including phenoxy) is 1. The van der Waals surface area contributed by atoms with E-state index in [1.165, 1.54) is 0 Å². The van der Waals surface area contributed by atoms with Gasteiger partial charge in [0.25, 0.3) is 0 Å². The second-order valence-electron chi connectivity index (χ2n) is 4.73. The molecule has 0 saturated carbocycles. The summed E-state index contributed by atoms with van der Waals surface area (Å²) in [6, 6.07) is 8.86. The Labute approximate surface area is 147 Å². The molecule has 21 heavy (non-hydrogen) atoms. The Kier molecular flexibility index (Phi) is 5.81. The molecule has 0 aliphatic carbocycles. The fourth-order valence-corrected chi connectivity index (χ4v) is 2.89. The van der Waals surface area contributed by atoms with Crippen LogP contribution in [-0.2, 0) is 6.42 Å². The summed E-state index contributed by atoms with van der Waals surface area (Å²) in [5, 5.41) is 1.60. The van der Waals surface area contributed by atoms with Crippen LogP contribution in [0, 0.1) is 0 Å². The first-order chi connectivity index (χ1) is 9.86. The largest absolute Gasteiger partial charge is 0.456 e. The van der Waals surface area contributed by atoms with E-state index in [1.54, 1.807) is 18.2 Å². The number of halogens is 4. The van der Waals surface area contributed by atoms with E-state index in [2.05, 4.69) is 15.9 Å². The summed E-state index contributed by atoms with van der Waals surface area (Å²) >= 11 is 21.7. The SMILES string of the molecule is CC(N)Cc1ccc(Oc2cc(Cl)c(Br)cc2Cl)cc1Cl. The standard InChI is InChI=1S/C15H13BrCl3NO/c1-8(20)4-9-2-3-10(5-12(9)17)21-15-7-13(18)11(16)6-14(15)19/h2-3,5-8H,4,20H2,1H3. The van der Waals surface area contributed by atoms with Crippen molar-refractivity contribution in [1.29, 1.82) is 0 Å². The van der Waals surface area contributed by atoms with E-state index in [1.807, 2.05) is 19.1 Å². The number of hydrogen-bond donors (Lipinski definition) is 1. The van der Waals surface area contributed by atoms with Crippen molar-refractivity contribution in [1.82, 2.24) is 0 Å². The fraction of sp³-hybridized carbons (Fsp3) is 0.200. The van der Waals surface area contributed by atoms with Gasteiger partial charge in [-0.1, -0.05) is 40.9 Å². The summed E-state index contributed by atoms with van der Waals surface area (Å²) in [6.45, 7) is 1.93. The van der Waals surface area contributed by atoms with Crippen LogP contribution >= 0.6 is 50.7 Å². The van der Waals surface area contributed by atoms with Gasteiger partial charge in [0, 0.05) is 21.6 Å². The van der Waals surface area contributed by atoms with Gasteiger partial charge >= 0.3 is 0 Å². The maximum absolute atomic E-state index is 6.23. The van der Waals surface area contributed by atoms with Crippen LogP contribution in [0.5, 0.6) is 11.5 Å². The molecule has 2 nitrogen and oxygen atoms in total. The van der Waals surface area contributed by atoms with Crippen molar-refractivity contribution in [2.45, 2.75) is 19.4 Å². The number of hydrogen-bond acceptors (Lipinski definition) is 2. The average molecular weight is 410 g/mol. The van der Waals surface area contributed by atoms with E-state index in [0.717, 1.165) is 5.56 Å². The highest BCUT2D eigenvalue weighted by Crippen LogP contribution is 2.37. The second kappa shape index (κ2) is 7.21. The molecule has 112 valence electrons. The Hall–Kier alpha value is -0.450. The van der Waals surface area contributed by atoms with Crippen LogP contribution in [0.1, 0.15) is 12.5 Å². The minimum atomic E-state index is 0.0500. The van der Waals surface area contributed by atoms with Crippen LogP contribution < -0.4 is 10.5 Å². The lowest BCUT2D eigenvalue weighted by molar-refractivity contribution is 0.482. The third-order valence-corrected chi connectivity index (χ3v) is 4.61. The predicted octanol–water partition coefficient (Wildman–Crippen LogP) is 6.09. The highest BCUT2D eigenvalue weighted by Gasteiger charge is 2.10. The third-order valence-electron chi connectivity index (χ3n) is 2.77. The zero-order chi connectivity index (χ0) is 15.6. The van der Waals surface area contributed by atoms with Crippen molar-refractivity contribution in [3.05, 3.63) is 55.4 Å². The highest BCUT2D eigenvalue weighted by atomic mass is 79.9. The predicted molar refractivity (Wildman–Crippen MR) is 93.0 cm³/mol. The molecule has 0 aliphatic heterocycles. The molecular formula is C15H13BrCl3NO. The van der Waals surface area contributed by atoms with E-state index in [9.17, 15) is 0 Å². The number of nitrogens with two attached hydrogens (primary N) is 1. The summed E-state index contributed by atoms with van der Waals surface area (Å²) in [5.74, 6) is 1.06. The molecule has 2 rings (SSSR count). The Balaban J connectivity index is 2.24. The smallest absolute Gasteiger partial charge is 0.147 e. The van der Waals surface area contributed by atoms with Crippen LogP contribution in [0.4, 0.5) is 0 Å². The summed E-state index contributed by atoms with van der Waals surface area (Å²) in [5.41, 5.74) is 6.76. The summed E-state index contributed by atoms with van der Waals surface area (Å²) in [4.78, 5) is 0. The molecule has 0 aliphatic rings. The lowest BCUT2D eigenvalue weighted by atomic mass is 10.1. The third kappa shape index (κ3) is 4.51. The first-order valence-electron chi connectivity index (χ1n) is 6.23. The minimum Gasteiger partial charge on any atom is -0.456 e. The van der Waals surface area contributed by atoms with Gasteiger partial charge in [0.2, 0.25) is 0 Å². The van der Waals surface area contributed by atoms with Gasteiger partial charge in [0.05, 0.1) is 10.0 Å². The average Bonchev–Trinajstić information content (AvgIpc) is 2.39. The van der Waals surface area contributed by atoms with Crippen molar-refractivity contribution in [2.75, 3.05) is 0 Å². The van der Waals surface area contributed by atoms with Gasteiger partial charge in [0.15, 0.2) is 0 Å². The molecule has 1 atom stereocenters. The van der Waals surface area contributed by atoms with Gasteiger partial charge in [-0.2, -0.15) is 0 Å². The first kappa shape index (κ1) is 16.9. The Morgan fingerprint density at radius 2 is 1.81 bits per heavy atom. The molecule has 0 fully saturated rings. The van der Waals surface area contributed by atoms with E-state index in [0.29, 0.717) is 37.5 Å². The lowest BCUT2D eigenvalue weighted by Gasteiger charge is -2.12. The van der Waals surface area contributed by atoms with Crippen molar-refractivity contribution in [2.24, 2.45) is 5.73 Å². The summed E-state index contributed by atoms with van der Waals surface area (Å²) in [7, 11) is 0. The van der Waals surface area contributed by atoms with Gasteiger partial charge in [-0.3, -0.25) is 0 Å². The second-order valence-corrected chi connectivity index (χ2v) is 6.81. The lowest BCUT2D eigenvalue weighted by Crippen LogP contribution is -2.17. The van der Waals surface area contributed by atoms with E-state index in [4.69, 9.17) is 45.3 Å². The fourth-order valence-electron chi connectivity index (χ4n) is 1.81. The minimum absolute atomic E-state index is 0.0500. The zero-order valence-electron chi connectivity index (χ0n) is 11.2. The van der Waals surface area contributed by atoms with Crippen LogP contribution in [-0.4, -0.2) is 6.04 Å². The molecule has 2 N–H and O–H groups in total. The molecule has 0 bridgehead atoms. The van der Waals surface area contributed by atoms with Crippen molar-refractivity contribution >= 4 is 50.7 Å². The van der Waals surface area contributed by atoms with Gasteiger partial charge in [-0.15, -0.1) is 0 Å². The summed E-state index contributed by atoms with van der Waals surface area (Å²) < 4.78 is 6.45. The van der Waals surface area contributed by atoms with Gasteiger partial charge in [-0.25, -0.2) is 0 Å². The van der Waals surface area contributed by atoms with Crippen molar-refractivity contribution in [3.8, 4) is 11.5 Å². The molecule has 0 heterocycles. The van der Waals surface area contributed by atoms with Crippen LogP contribution in [0.15, 0.2) is 34.8 Å². The van der Waals surface area contributed by atoms with E-state index in [-0.39, 0.29) is 6.04 Å². The molecule has 0 spiro atoms. The van der Waals surface area contributed by atoms with Gasteiger partial charge in [-0.05, 0) is 53.0 Å². The Bertz CT molecular complexity index is 662. The molecule has 2 aromatic carbocycles. The van der Waals surface area contributed by atoms with Crippen molar-refractivity contribution in [3.63, 3.8) is 0 Å². The highest BCUT2D eigenvalue weighted by molar-refractivity contribution is 9.10. The van der Waals surface area contributed by atoms with Crippen LogP contribution in [0.3, 0.4) is 0 Å². The molecule has 0 amide bonds. The van der Waals surface area contributed by atoms with E-state index < -0.39 is 0 Å². The topological polar surface area (TPSA) is 35.2 Å². The first-order valence-corrected chi connectivity index (χ1v) is 8.16. The summed E-state index contributed by atoms with van der Waals surface area (Å²) in [6.07, 6.45) is 0.712. The molecule has 6 heteroatoms. The Morgan fingerprint density at radius 3 is 2.43 bits per heavy atom. The molecule has 0 radical (unpaired) electrons. The van der Waals surface area contributed by atoms with E-state index >= 15 is 0 Å². The maximum atomic E-state index is 6.23. The van der Waals surface area contributed by atoms with Crippen molar-refractivity contribution < 1.29 is 4.74 Å². The van der Waals surface area contributed by atoms with Gasteiger partial charge in [0.1, 0.15) is 11.5 Å². The molecular weight excluding hydrogens is 396 g/mol. The molecule has 0 saturated heterocycles. The molecule has 1 unspecified atom stereocenters. The zero-order valence-corrected chi connectivity index (χ0v) is 15.0. The number of rotatable bonds is 4. The quantitative estimate of drug-likeness (QED) is 0.620. The normalized spacial score (nSPS) is 12.3. The van der Waals surface area contributed by atoms with Gasteiger partial charge < -0.3 is 10.5 Å². The van der Waals surface area contributed by atoms with Crippen LogP contribution in [0.2, 0.25) is 15.1 Å². The van der Waals surface area contributed by atoms with Crippen LogP contribution in [0.25, 0.3) is 0 Å².